The lowest BCUT2D eigenvalue weighted by molar-refractivity contribution is -0.0149. The molecule has 0 aromatic carbocycles. The van der Waals surface area contributed by atoms with Gasteiger partial charge in [-0.25, -0.2) is 0 Å². The minimum absolute atomic E-state index is 0.489. The maximum absolute atomic E-state index is 5.89. The van der Waals surface area contributed by atoms with Gasteiger partial charge in [0, 0.05) is 25.7 Å². The molecule has 0 saturated carbocycles. The van der Waals surface area contributed by atoms with Gasteiger partial charge in [-0.2, -0.15) is 0 Å². The first-order valence-corrected chi connectivity index (χ1v) is 7.82. The van der Waals surface area contributed by atoms with E-state index in [0.29, 0.717) is 12.1 Å². The van der Waals surface area contributed by atoms with E-state index in [1.54, 1.807) is 0 Å². The van der Waals surface area contributed by atoms with E-state index >= 15 is 0 Å². The SMILES string of the molecule is CC(C)N(CC1CCNCC1)CC1CCCCO1. The third kappa shape index (κ3) is 4.52. The summed E-state index contributed by atoms with van der Waals surface area (Å²) in [5.74, 6) is 0.886. The van der Waals surface area contributed by atoms with Gasteiger partial charge in [-0.15, -0.1) is 0 Å². The number of nitrogens with zero attached hydrogens (tertiary/aromatic N) is 1. The minimum atomic E-state index is 0.489. The van der Waals surface area contributed by atoms with Crippen LogP contribution in [-0.4, -0.2) is 49.8 Å². The Bertz CT molecular complexity index is 201. The number of piperidine rings is 1. The van der Waals surface area contributed by atoms with Crippen molar-refractivity contribution in [2.75, 3.05) is 32.8 Å². The van der Waals surface area contributed by atoms with Crippen molar-refractivity contribution in [2.24, 2.45) is 5.92 Å². The van der Waals surface area contributed by atoms with Crippen LogP contribution in [0.15, 0.2) is 0 Å². The van der Waals surface area contributed by atoms with Crippen LogP contribution in [0.1, 0.15) is 46.0 Å². The van der Waals surface area contributed by atoms with Crippen molar-refractivity contribution >= 4 is 0 Å². The van der Waals surface area contributed by atoms with Crippen LogP contribution in [0.25, 0.3) is 0 Å². The fraction of sp³-hybridized carbons (Fsp3) is 1.00. The molecule has 18 heavy (non-hydrogen) atoms. The van der Waals surface area contributed by atoms with E-state index in [-0.39, 0.29) is 0 Å². The van der Waals surface area contributed by atoms with Crippen LogP contribution in [-0.2, 0) is 4.74 Å². The zero-order valence-electron chi connectivity index (χ0n) is 12.2. The van der Waals surface area contributed by atoms with Crippen LogP contribution in [0.4, 0.5) is 0 Å². The number of rotatable bonds is 5. The average molecular weight is 254 g/mol. The molecule has 106 valence electrons. The Labute approximate surface area is 112 Å². The van der Waals surface area contributed by atoms with E-state index in [4.69, 9.17) is 4.74 Å². The van der Waals surface area contributed by atoms with Gasteiger partial charge in [-0.1, -0.05) is 0 Å². The zero-order valence-corrected chi connectivity index (χ0v) is 12.2. The largest absolute Gasteiger partial charge is 0.377 e. The molecule has 0 bridgehead atoms. The van der Waals surface area contributed by atoms with E-state index < -0.39 is 0 Å². The highest BCUT2D eigenvalue weighted by Gasteiger charge is 2.23. The standard InChI is InChI=1S/C15H30N2O/c1-13(2)17(11-14-6-8-16-9-7-14)12-15-5-3-4-10-18-15/h13-16H,3-12H2,1-2H3. The zero-order chi connectivity index (χ0) is 12.8. The average Bonchev–Trinajstić information content (AvgIpc) is 2.40. The normalized spacial score (nSPS) is 27.0. The molecule has 0 radical (unpaired) electrons. The van der Waals surface area contributed by atoms with Crippen LogP contribution < -0.4 is 5.32 Å². The van der Waals surface area contributed by atoms with Gasteiger partial charge < -0.3 is 10.1 Å². The molecule has 0 spiro atoms. The summed E-state index contributed by atoms with van der Waals surface area (Å²) in [6, 6.07) is 0.644. The van der Waals surface area contributed by atoms with Crippen molar-refractivity contribution in [3.63, 3.8) is 0 Å². The van der Waals surface area contributed by atoms with Gasteiger partial charge in [0.25, 0.3) is 0 Å². The maximum Gasteiger partial charge on any atom is 0.0702 e. The minimum Gasteiger partial charge on any atom is -0.377 e. The van der Waals surface area contributed by atoms with Crippen molar-refractivity contribution in [1.29, 1.82) is 0 Å². The van der Waals surface area contributed by atoms with Crippen molar-refractivity contribution in [2.45, 2.75) is 58.1 Å². The molecule has 2 saturated heterocycles. The predicted molar refractivity (Wildman–Crippen MR) is 75.9 cm³/mol. The molecule has 3 heteroatoms. The van der Waals surface area contributed by atoms with Gasteiger partial charge in [-0.05, 0) is 65.0 Å². The Morgan fingerprint density at radius 1 is 1.11 bits per heavy atom. The predicted octanol–water partition coefficient (Wildman–Crippen LogP) is 2.27. The number of ether oxygens (including phenoxy) is 1. The van der Waals surface area contributed by atoms with Crippen LogP contribution in [0.3, 0.4) is 0 Å². The van der Waals surface area contributed by atoms with Crippen LogP contribution in [0.2, 0.25) is 0 Å². The first-order chi connectivity index (χ1) is 8.75. The van der Waals surface area contributed by atoms with Gasteiger partial charge >= 0.3 is 0 Å². The van der Waals surface area contributed by atoms with Crippen LogP contribution >= 0.6 is 0 Å². The third-order valence-electron chi connectivity index (χ3n) is 4.39. The highest BCUT2D eigenvalue weighted by molar-refractivity contribution is 4.77. The lowest BCUT2D eigenvalue weighted by atomic mass is 9.96. The highest BCUT2D eigenvalue weighted by Crippen LogP contribution is 2.19. The topological polar surface area (TPSA) is 24.5 Å². The summed E-state index contributed by atoms with van der Waals surface area (Å²) in [6.07, 6.45) is 7.04. The molecule has 0 aliphatic carbocycles. The Kier molecular flexibility index (Phi) is 5.93. The van der Waals surface area contributed by atoms with Gasteiger partial charge in [0.05, 0.1) is 6.10 Å². The van der Waals surface area contributed by atoms with Crippen LogP contribution in [0, 0.1) is 5.92 Å². The molecule has 2 rings (SSSR count). The molecule has 0 amide bonds. The summed E-state index contributed by atoms with van der Waals surface area (Å²) < 4.78 is 5.89. The summed E-state index contributed by atoms with van der Waals surface area (Å²) in [5.41, 5.74) is 0. The molecule has 2 aliphatic heterocycles. The Morgan fingerprint density at radius 3 is 2.50 bits per heavy atom. The van der Waals surface area contributed by atoms with E-state index in [9.17, 15) is 0 Å². The first-order valence-electron chi connectivity index (χ1n) is 7.82. The molecule has 1 N–H and O–H groups in total. The highest BCUT2D eigenvalue weighted by atomic mass is 16.5. The third-order valence-corrected chi connectivity index (χ3v) is 4.39. The fourth-order valence-electron chi connectivity index (χ4n) is 3.11. The number of hydrogen-bond acceptors (Lipinski definition) is 3. The Morgan fingerprint density at radius 2 is 1.89 bits per heavy atom. The summed E-state index contributed by atoms with van der Waals surface area (Å²) >= 11 is 0. The summed E-state index contributed by atoms with van der Waals surface area (Å²) in [6.45, 7) is 10.4. The molecular weight excluding hydrogens is 224 g/mol. The number of hydrogen-bond donors (Lipinski definition) is 1. The Hall–Kier alpha value is -0.120. The molecule has 2 aliphatic rings. The van der Waals surface area contributed by atoms with Crippen molar-refractivity contribution in [1.82, 2.24) is 10.2 Å². The summed E-state index contributed by atoms with van der Waals surface area (Å²) in [7, 11) is 0. The fourth-order valence-corrected chi connectivity index (χ4v) is 3.11. The smallest absolute Gasteiger partial charge is 0.0702 e. The molecule has 0 aromatic heterocycles. The first kappa shape index (κ1) is 14.3. The van der Waals surface area contributed by atoms with Crippen molar-refractivity contribution in [3.8, 4) is 0 Å². The van der Waals surface area contributed by atoms with Crippen molar-refractivity contribution in [3.05, 3.63) is 0 Å². The van der Waals surface area contributed by atoms with Gasteiger partial charge in [0.1, 0.15) is 0 Å². The molecule has 1 atom stereocenters. The molecule has 3 nitrogen and oxygen atoms in total. The van der Waals surface area contributed by atoms with Gasteiger partial charge in [0.15, 0.2) is 0 Å². The van der Waals surface area contributed by atoms with Crippen molar-refractivity contribution < 1.29 is 4.74 Å². The second-order valence-electron chi connectivity index (χ2n) is 6.23. The monoisotopic (exact) mass is 254 g/mol. The Balaban J connectivity index is 1.78. The van der Waals surface area contributed by atoms with Gasteiger partial charge in [0.2, 0.25) is 0 Å². The van der Waals surface area contributed by atoms with E-state index in [0.717, 1.165) is 19.1 Å². The molecule has 2 fully saturated rings. The lowest BCUT2D eigenvalue weighted by Gasteiger charge is -2.36. The maximum atomic E-state index is 5.89. The quantitative estimate of drug-likeness (QED) is 0.814. The second kappa shape index (κ2) is 7.46. The van der Waals surface area contributed by atoms with E-state index in [1.807, 2.05) is 0 Å². The van der Waals surface area contributed by atoms with E-state index in [2.05, 4.69) is 24.1 Å². The van der Waals surface area contributed by atoms with Gasteiger partial charge in [-0.3, -0.25) is 4.90 Å². The second-order valence-corrected chi connectivity index (χ2v) is 6.23. The molecule has 0 aromatic rings. The number of nitrogens with one attached hydrogen (secondary N) is 1. The summed E-state index contributed by atoms with van der Waals surface area (Å²) in [5, 5.41) is 3.46. The molecule has 1 unspecified atom stereocenters. The lowest BCUT2D eigenvalue weighted by Crippen LogP contribution is -2.44. The molecule has 2 heterocycles. The molecular formula is C15H30N2O. The van der Waals surface area contributed by atoms with E-state index in [1.165, 1.54) is 51.7 Å². The summed E-state index contributed by atoms with van der Waals surface area (Å²) in [4.78, 5) is 2.64. The van der Waals surface area contributed by atoms with Crippen LogP contribution in [0.5, 0.6) is 0 Å².